The third-order valence-corrected chi connectivity index (χ3v) is 6.38. The molecule has 49 heavy (non-hydrogen) atoms. The minimum Gasteiger partial charge on any atom is -0.461 e. The van der Waals surface area contributed by atoms with Crippen LogP contribution in [0.1, 0.15) is 59.4 Å². The van der Waals surface area contributed by atoms with E-state index >= 15 is 0 Å². The van der Waals surface area contributed by atoms with Gasteiger partial charge in [0, 0.05) is 32.1 Å². The molecular formula is C33H58N6O10. The van der Waals surface area contributed by atoms with Crippen LogP contribution in [0, 0.1) is 5.92 Å². The van der Waals surface area contributed by atoms with Crippen LogP contribution in [0.2, 0.25) is 0 Å². The Balaban J connectivity index is 0.0000113. The first-order valence-corrected chi connectivity index (χ1v) is 16.7. The number of nitrogens with two attached hydrogens (primary N) is 2. The Labute approximate surface area is 290 Å². The summed E-state index contributed by atoms with van der Waals surface area (Å²) in [6.45, 7) is 12.7. The van der Waals surface area contributed by atoms with Crippen LogP contribution in [0.5, 0.6) is 0 Å². The van der Waals surface area contributed by atoms with E-state index in [-0.39, 0.29) is 51.0 Å². The minimum atomic E-state index is -0.978. The second-order valence-corrected chi connectivity index (χ2v) is 10.7. The summed E-state index contributed by atoms with van der Waals surface area (Å²) in [5.41, 5.74) is 11.7. The molecule has 5 amide bonds. The molecule has 0 heterocycles. The summed E-state index contributed by atoms with van der Waals surface area (Å²) in [4.78, 5) is 61.2. The summed E-state index contributed by atoms with van der Waals surface area (Å²) >= 11 is 0. The average molecular weight is 699 g/mol. The van der Waals surface area contributed by atoms with E-state index in [0.29, 0.717) is 58.3 Å². The minimum absolute atomic E-state index is 0.0264. The third kappa shape index (κ3) is 24.0. The number of primary amides is 1. The first-order chi connectivity index (χ1) is 23.5. The van der Waals surface area contributed by atoms with Crippen LogP contribution in [-0.4, -0.2) is 108 Å². The van der Waals surface area contributed by atoms with Crippen LogP contribution in [0.25, 0.3) is 0 Å². The Morgan fingerprint density at radius 1 is 0.776 bits per heavy atom. The van der Waals surface area contributed by atoms with Crippen molar-refractivity contribution in [1.29, 1.82) is 0 Å². The summed E-state index contributed by atoms with van der Waals surface area (Å²) < 4.78 is 26.4. The lowest BCUT2D eigenvalue weighted by Gasteiger charge is -2.25. The second kappa shape index (κ2) is 29.1. The van der Waals surface area contributed by atoms with Gasteiger partial charge in [-0.05, 0) is 36.5 Å². The Morgan fingerprint density at radius 2 is 1.33 bits per heavy atom. The zero-order valence-corrected chi connectivity index (χ0v) is 29.7. The lowest BCUT2D eigenvalue weighted by atomic mass is 10.0. The molecule has 0 aliphatic heterocycles. The van der Waals surface area contributed by atoms with Crippen molar-refractivity contribution in [1.82, 2.24) is 16.0 Å². The molecule has 0 aliphatic rings. The van der Waals surface area contributed by atoms with Gasteiger partial charge >= 0.3 is 12.0 Å². The molecule has 16 nitrogen and oxygen atoms in total. The summed E-state index contributed by atoms with van der Waals surface area (Å²) in [6, 6.07) is 4.10. The number of amides is 5. The number of rotatable bonds is 26. The van der Waals surface area contributed by atoms with Gasteiger partial charge in [-0.25, -0.2) is 4.79 Å². The van der Waals surface area contributed by atoms with Gasteiger partial charge in [0.1, 0.15) is 18.7 Å². The Hall–Kier alpha value is -3.83. The quantitative estimate of drug-likeness (QED) is 0.0595. The number of nitrogens with one attached hydrogen (secondary N) is 4. The van der Waals surface area contributed by atoms with Crippen molar-refractivity contribution in [3.63, 3.8) is 0 Å². The zero-order valence-electron chi connectivity index (χ0n) is 29.7. The van der Waals surface area contributed by atoms with Crippen LogP contribution >= 0.6 is 0 Å². The van der Waals surface area contributed by atoms with E-state index in [1.165, 1.54) is 6.92 Å². The summed E-state index contributed by atoms with van der Waals surface area (Å²) in [5, 5.41) is 10.7. The molecule has 0 radical (unpaired) electrons. The lowest BCUT2D eigenvalue weighted by molar-refractivity contribution is -0.142. The van der Waals surface area contributed by atoms with Crippen LogP contribution < -0.4 is 32.7 Å². The fraction of sp³-hybridized carbons (Fsp3) is 0.667. The van der Waals surface area contributed by atoms with Gasteiger partial charge in [0.2, 0.25) is 17.7 Å². The van der Waals surface area contributed by atoms with Crippen molar-refractivity contribution < 1.29 is 47.7 Å². The Kier molecular flexibility index (Phi) is 26.8. The predicted octanol–water partition coefficient (Wildman–Crippen LogP) is 1.20. The number of hydrogen-bond donors (Lipinski definition) is 6. The molecule has 0 bridgehead atoms. The van der Waals surface area contributed by atoms with Crippen LogP contribution in [0.15, 0.2) is 24.3 Å². The number of ether oxygens (including phenoxy) is 5. The second-order valence-electron chi connectivity index (χ2n) is 10.7. The maximum atomic E-state index is 13.3. The van der Waals surface area contributed by atoms with Gasteiger partial charge in [-0.2, -0.15) is 0 Å². The van der Waals surface area contributed by atoms with Gasteiger partial charge < -0.3 is 56.4 Å². The number of anilines is 1. The third-order valence-electron chi connectivity index (χ3n) is 6.38. The molecule has 16 heteroatoms. The molecule has 0 aliphatic carbocycles. The Morgan fingerprint density at radius 3 is 1.84 bits per heavy atom. The van der Waals surface area contributed by atoms with Crippen molar-refractivity contribution in [2.24, 2.45) is 17.4 Å². The number of carbonyl (C=O) groups is 5. The highest BCUT2D eigenvalue weighted by Gasteiger charge is 2.28. The molecule has 2 unspecified atom stereocenters. The molecule has 0 fully saturated rings. The number of esters is 1. The molecule has 8 N–H and O–H groups in total. The molecular weight excluding hydrogens is 640 g/mol. The number of hydrogen-bond acceptors (Lipinski definition) is 11. The molecule has 0 saturated carbocycles. The van der Waals surface area contributed by atoms with E-state index in [1.807, 2.05) is 13.8 Å². The summed E-state index contributed by atoms with van der Waals surface area (Å²) in [6.07, 6.45) is 0.560. The largest absolute Gasteiger partial charge is 0.461 e. The first-order valence-electron chi connectivity index (χ1n) is 16.7. The van der Waals surface area contributed by atoms with E-state index in [2.05, 4.69) is 21.3 Å². The summed E-state index contributed by atoms with van der Waals surface area (Å²) in [7, 11) is 0. The molecule has 1 aromatic rings. The topological polar surface area (TPSA) is 232 Å². The van der Waals surface area contributed by atoms with E-state index in [4.69, 9.17) is 35.2 Å². The van der Waals surface area contributed by atoms with E-state index in [1.54, 1.807) is 38.1 Å². The normalized spacial score (nSPS) is 11.8. The van der Waals surface area contributed by atoms with Crippen molar-refractivity contribution >= 4 is 35.4 Å². The van der Waals surface area contributed by atoms with Gasteiger partial charge in [-0.15, -0.1) is 0 Å². The van der Waals surface area contributed by atoms with Gasteiger partial charge in [0.25, 0.3) is 0 Å². The van der Waals surface area contributed by atoms with E-state index in [0.717, 1.165) is 5.56 Å². The highest BCUT2D eigenvalue weighted by molar-refractivity contribution is 5.98. The molecule has 0 saturated heterocycles. The highest BCUT2D eigenvalue weighted by Crippen LogP contribution is 2.13. The Bertz CT molecular complexity index is 1070. The number of benzene rings is 1. The average Bonchev–Trinajstić information content (AvgIpc) is 3.07. The first kappa shape index (κ1) is 45.2. The molecule has 1 rings (SSSR count). The van der Waals surface area contributed by atoms with Crippen molar-refractivity contribution in [2.75, 3.05) is 71.3 Å². The SMILES string of the molecule is CC.CC(=O)OCc1ccc(NC(=O)C(CCCNC(N)=O)NC(=O)C(NC(=O)CCOCCOCCOCCOCCN)C(C)C)cc1. The lowest BCUT2D eigenvalue weighted by Crippen LogP contribution is -2.54. The van der Waals surface area contributed by atoms with Gasteiger partial charge in [-0.3, -0.25) is 19.2 Å². The van der Waals surface area contributed by atoms with E-state index < -0.39 is 35.9 Å². The van der Waals surface area contributed by atoms with Crippen molar-refractivity contribution in [3.05, 3.63) is 29.8 Å². The molecule has 280 valence electrons. The van der Waals surface area contributed by atoms with Crippen LogP contribution in [-0.2, 0) is 49.5 Å². The predicted molar refractivity (Wildman–Crippen MR) is 184 cm³/mol. The maximum Gasteiger partial charge on any atom is 0.312 e. The van der Waals surface area contributed by atoms with Gasteiger partial charge in [0.15, 0.2) is 0 Å². The van der Waals surface area contributed by atoms with E-state index in [9.17, 15) is 24.0 Å². The van der Waals surface area contributed by atoms with Crippen molar-refractivity contribution in [2.45, 2.75) is 72.6 Å². The smallest absolute Gasteiger partial charge is 0.312 e. The van der Waals surface area contributed by atoms with Gasteiger partial charge in [0.05, 0.1) is 52.9 Å². The standard InChI is InChI=1S/C31H52N6O10.C2H6/c1-22(2)28(37-27(39)10-13-43-15-17-45-19-20-46-18-16-44-14-11-32)30(41)36-26(5-4-12-34-31(33)42)29(40)35-25-8-6-24(7-9-25)21-47-23(3)38;1-2/h6-9,22,26,28H,4-5,10-21,32H2,1-3H3,(H,35,40)(H,36,41)(H,37,39)(H3,33,34,42);1-2H3. The van der Waals surface area contributed by atoms with Crippen molar-refractivity contribution in [3.8, 4) is 0 Å². The molecule has 0 aromatic heterocycles. The number of urea groups is 1. The zero-order chi connectivity index (χ0) is 36.9. The molecule has 0 spiro atoms. The summed E-state index contributed by atoms with van der Waals surface area (Å²) in [5.74, 6) is -2.09. The molecule has 2 atom stereocenters. The highest BCUT2D eigenvalue weighted by atomic mass is 16.6. The van der Waals surface area contributed by atoms with Gasteiger partial charge in [-0.1, -0.05) is 39.8 Å². The fourth-order valence-corrected chi connectivity index (χ4v) is 3.94. The van der Waals surface area contributed by atoms with Crippen LogP contribution in [0.4, 0.5) is 10.5 Å². The fourth-order valence-electron chi connectivity index (χ4n) is 3.94. The van der Waals surface area contributed by atoms with Crippen LogP contribution in [0.3, 0.4) is 0 Å². The molecule has 1 aromatic carbocycles. The maximum absolute atomic E-state index is 13.3. The number of carbonyl (C=O) groups excluding carboxylic acids is 5. The monoisotopic (exact) mass is 698 g/mol.